The lowest BCUT2D eigenvalue weighted by Gasteiger charge is -2.20. The van der Waals surface area contributed by atoms with Crippen molar-refractivity contribution in [2.24, 2.45) is 0 Å². The van der Waals surface area contributed by atoms with Crippen LogP contribution in [0, 0.1) is 5.82 Å². The fraction of sp³-hybridized carbons (Fsp3) is 0.136. The second-order valence-electron chi connectivity index (χ2n) is 6.38. The van der Waals surface area contributed by atoms with E-state index in [-0.39, 0.29) is 11.9 Å². The molecule has 4 rings (SSSR count). The Hall–Kier alpha value is -2.98. The molecule has 0 spiro atoms. The number of hydrogen-bond donors (Lipinski definition) is 1. The number of hydrogen-bond acceptors (Lipinski definition) is 2. The summed E-state index contributed by atoms with van der Waals surface area (Å²) in [4.78, 5) is 4.12. The van der Waals surface area contributed by atoms with Crippen LogP contribution in [0.15, 0.2) is 85.5 Å². The van der Waals surface area contributed by atoms with Gasteiger partial charge in [0.05, 0.1) is 12.4 Å². The van der Waals surface area contributed by atoms with Crippen molar-refractivity contribution in [1.29, 1.82) is 0 Å². The van der Waals surface area contributed by atoms with Gasteiger partial charge in [-0.05, 0) is 34.0 Å². The molecule has 1 unspecified atom stereocenters. The van der Waals surface area contributed by atoms with E-state index in [0.717, 1.165) is 18.7 Å². The number of benzene rings is 3. The van der Waals surface area contributed by atoms with Gasteiger partial charge in [-0.2, -0.15) is 0 Å². The predicted molar refractivity (Wildman–Crippen MR) is 102 cm³/mol. The van der Waals surface area contributed by atoms with Gasteiger partial charge in [0.1, 0.15) is 5.82 Å². The van der Waals surface area contributed by atoms with Gasteiger partial charge < -0.3 is 9.88 Å². The summed E-state index contributed by atoms with van der Waals surface area (Å²) in [6.45, 7) is 1.47. The Labute approximate surface area is 152 Å². The van der Waals surface area contributed by atoms with Crippen LogP contribution in [-0.4, -0.2) is 9.55 Å². The molecule has 1 atom stereocenters. The SMILES string of the molecule is Fc1ccc(C(Cn2ccnc2)NCc2cccc3ccccc23)cc1. The molecule has 130 valence electrons. The van der Waals surface area contributed by atoms with Crippen LogP contribution in [0.2, 0.25) is 0 Å². The monoisotopic (exact) mass is 345 g/mol. The topological polar surface area (TPSA) is 29.9 Å². The summed E-state index contributed by atoms with van der Waals surface area (Å²) in [5, 5.41) is 6.12. The first kappa shape index (κ1) is 16.5. The van der Waals surface area contributed by atoms with Crippen molar-refractivity contribution in [3.8, 4) is 0 Å². The van der Waals surface area contributed by atoms with Gasteiger partial charge in [0.2, 0.25) is 0 Å². The lowest BCUT2D eigenvalue weighted by molar-refractivity contribution is 0.461. The zero-order valence-corrected chi connectivity index (χ0v) is 14.3. The first-order valence-corrected chi connectivity index (χ1v) is 8.71. The van der Waals surface area contributed by atoms with Crippen molar-refractivity contribution in [1.82, 2.24) is 14.9 Å². The molecule has 3 aromatic carbocycles. The first-order chi connectivity index (χ1) is 12.8. The van der Waals surface area contributed by atoms with Crippen LogP contribution in [0.5, 0.6) is 0 Å². The third-order valence-corrected chi connectivity index (χ3v) is 4.64. The van der Waals surface area contributed by atoms with Crippen LogP contribution in [0.25, 0.3) is 10.8 Å². The van der Waals surface area contributed by atoms with Gasteiger partial charge >= 0.3 is 0 Å². The third kappa shape index (κ3) is 3.65. The number of rotatable bonds is 6. The smallest absolute Gasteiger partial charge is 0.123 e. The van der Waals surface area contributed by atoms with Gasteiger partial charge in [0, 0.05) is 25.5 Å². The minimum atomic E-state index is -0.218. The predicted octanol–water partition coefficient (Wildman–Crippen LogP) is 4.71. The van der Waals surface area contributed by atoms with E-state index >= 15 is 0 Å². The Morgan fingerprint density at radius 3 is 2.58 bits per heavy atom. The number of imidazole rings is 1. The lowest BCUT2D eigenvalue weighted by Crippen LogP contribution is -2.25. The van der Waals surface area contributed by atoms with Crippen LogP contribution in [-0.2, 0) is 13.1 Å². The van der Waals surface area contributed by atoms with Crippen LogP contribution in [0.4, 0.5) is 4.39 Å². The molecule has 0 aliphatic carbocycles. The minimum absolute atomic E-state index is 0.0590. The molecule has 0 saturated heterocycles. The normalized spacial score (nSPS) is 12.3. The molecule has 0 bridgehead atoms. The van der Waals surface area contributed by atoms with E-state index in [0.29, 0.717) is 0 Å². The molecule has 1 aromatic heterocycles. The molecule has 0 amide bonds. The van der Waals surface area contributed by atoms with Gasteiger partial charge in [-0.25, -0.2) is 9.37 Å². The lowest BCUT2D eigenvalue weighted by atomic mass is 10.0. The summed E-state index contributed by atoms with van der Waals surface area (Å²) in [5.41, 5.74) is 2.31. The fourth-order valence-corrected chi connectivity index (χ4v) is 3.27. The maximum Gasteiger partial charge on any atom is 0.123 e. The van der Waals surface area contributed by atoms with Crippen LogP contribution < -0.4 is 5.32 Å². The zero-order chi connectivity index (χ0) is 17.8. The van der Waals surface area contributed by atoms with Crippen molar-refractivity contribution < 1.29 is 4.39 Å². The van der Waals surface area contributed by atoms with Gasteiger partial charge in [-0.15, -0.1) is 0 Å². The van der Waals surface area contributed by atoms with Crippen molar-refractivity contribution >= 4 is 10.8 Å². The molecule has 4 aromatic rings. The highest BCUT2D eigenvalue weighted by Crippen LogP contribution is 2.21. The van der Waals surface area contributed by atoms with E-state index in [1.165, 1.54) is 28.5 Å². The average Bonchev–Trinajstić information content (AvgIpc) is 3.19. The van der Waals surface area contributed by atoms with E-state index in [1.807, 2.05) is 22.9 Å². The van der Waals surface area contributed by atoms with Crippen LogP contribution in [0.1, 0.15) is 17.2 Å². The molecule has 1 N–H and O–H groups in total. The highest BCUT2D eigenvalue weighted by molar-refractivity contribution is 5.85. The molecule has 0 radical (unpaired) electrons. The maximum atomic E-state index is 13.3. The summed E-state index contributed by atoms with van der Waals surface area (Å²) in [6.07, 6.45) is 5.51. The molecular weight excluding hydrogens is 325 g/mol. The molecule has 26 heavy (non-hydrogen) atoms. The Kier molecular flexibility index (Phi) is 4.75. The number of fused-ring (bicyclic) bond motifs is 1. The fourth-order valence-electron chi connectivity index (χ4n) is 3.27. The maximum absolute atomic E-state index is 13.3. The van der Waals surface area contributed by atoms with Gasteiger partial charge in [-0.1, -0.05) is 54.6 Å². The molecule has 4 heteroatoms. The molecular formula is C22H20FN3. The molecule has 0 fully saturated rings. The highest BCUT2D eigenvalue weighted by Gasteiger charge is 2.13. The molecule has 3 nitrogen and oxygen atoms in total. The van der Waals surface area contributed by atoms with Crippen molar-refractivity contribution in [3.63, 3.8) is 0 Å². The Morgan fingerprint density at radius 1 is 0.962 bits per heavy atom. The highest BCUT2D eigenvalue weighted by atomic mass is 19.1. The summed E-state index contributed by atoms with van der Waals surface area (Å²) in [7, 11) is 0. The average molecular weight is 345 g/mol. The molecule has 0 aliphatic rings. The van der Waals surface area contributed by atoms with Crippen LogP contribution >= 0.6 is 0 Å². The van der Waals surface area contributed by atoms with Gasteiger partial charge in [0.25, 0.3) is 0 Å². The minimum Gasteiger partial charge on any atom is -0.336 e. The summed E-state index contributed by atoms with van der Waals surface area (Å²) in [5.74, 6) is -0.218. The Bertz CT molecular complexity index is 973. The first-order valence-electron chi connectivity index (χ1n) is 8.71. The van der Waals surface area contributed by atoms with Crippen molar-refractivity contribution in [2.45, 2.75) is 19.1 Å². The van der Waals surface area contributed by atoms with E-state index in [2.05, 4.69) is 52.8 Å². The number of nitrogens with one attached hydrogen (secondary N) is 1. The van der Waals surface area contributed by atoms with E-state index < -0.39 is 0 Å². The molecule has 0 saturated carbocycles. The summed E-state index contributed by atoms with van der Waals surface area (Å²) in [6, 6.07) is 21.5. The number of nitrogens with zero attached hydrogens (tertiary/aromatic N) is 2. The Balaban J connectivity index is 1.58. The standard InChI is InChI=1S/C22H20FN3/c23-20-10-8-18(9-11-20)22(15-26-13-12-24-16-26)25-14-19-6-3-5-17-4-1-2-7-21(17)19/h1-13,16,22,25H,14-15H2. The largest absolute Gasteiger partial charge is 0.336 e. The summed E-state index contributed by atoms with van der Waals surface area (Å²) >= 11 is 0. The zero-order valence-electron chi connectivity index (χ0n) is 14.3. The second kappa shape index (κ2) is 7.50. The van der Waals surface area contributed by atoms with Gasteiger partial charge in [-0.3, -0.25) is 0 Å². The van der Waals surface area contributed by atoms with E-state index in [4.69, 9.17) is 0 Å². The number of halogens is 1. The quantitative estimate of drug-likeness (QED) is 0.549. The van der Waals surface area contributed by atoms with Crippen molar-refractivity contribution in [3.05, 3.63) is 102 Å². The number of aromatic nitrogens is 2. The molecule has 1 heterocycles. The van der Waals surface area contributed by atoms with E-state index in [9.17, 15) is 4.39 Å². The summed E-state index contributed by atoms with van der Waals surface area (Å²) < 4.78 is 15.3. The van der Waals surface area contributed by atoms with Crippen molar-refractivity contribution in [2.75, 3.05) is 0 Å². The second-order valence-corrected chi connectivity index (χ2v) is 6.38. The molecule has 0 aliphatic heterocycles. The third-order valence-electron chi connectivity index (χ3n) is 4.64. The Morgan fingerprint density at radius 2 is 1.77 bits per heavy atom. The van der Waals surface area contributed by atoms with Crippen LogP contribution in [0.3, 0.4) is 0 Å². The van der Waals surface area contributed by atoms with E-state index in [1.54, 1.807) is 12.5 Å². The van der Waals surface area contributed by atoms with Gasteiger partial charge in [0.15, 0.2) is 0 Å².